The van der Waals surface area contributed by atoms with Gasteiger partial charge in [0.2, 0.25) is 11.9 Å². The number of amides is 1. The lowest BCUT2D eigenvalue weighted by molar-refractivity contribution is -0.129. The van der Waals surface area contributed by atoms with Gasteiger partial charge in [-0.25, -0.2) is 4.98 Å². The number of hydrogen-bond donors (Lipinski definition) is 1. The maximum absolute atomic E-state index is 12.2. The van der Waals surface area contributed by atoms with Gasteiger partial charge in [-0.2, -0.15) is 10.2 Å². The van der Waals surface area contributed by atoms with Crippen molar-refractivity contribution in [1.29, 1.82) is 5.26 Å². The van der Waals surface area contributed by atoms with E-state index in [2.05, 4.69) is 14.9 Å². The Kier molecular flexibility index (Phi) is 4.33. The Morgan fingerprint density at radius 2 is 2.22 bits per heavy atom. The normalized spacial score (nSPS) is 21.7. The van der Waals surface area contributed by atoms with Crippen LogP contribution in [0.2, 0.25) is 0 Å². The zero-order valence-corrected chi connectivity index (χ0v) is 13.4. The number of aromatic nitrogens is 2. The van der Waals surface area contributed by atoms with Crippen LogP contribution in [-0.2, 0) is 4.79 Å². The van der Waals surface area contributed by atoms with Crippen molar-refractivity contribution in [3.8, 4) is 6.07 Å². The monoisotopic (exact) mass is 314 g/mol. The highest BCUT2D eigenvalue weighted by atomic mass is 16.2. The van der Waals surface area contributed by atoms with Gasteiger partial charge < -0.3 is 15.5 Å². The average Bonchev–Trinajstić information content (AvgIpc) is 3.16. The third-order valence-electron chi connectivity index (χ3n) is 4.80. The zero-order valence-electron chi connectivity index (χ0n) is 13.4. The third kappa shape index (κ3) is 3.21. The molecule has 1 saturated heterocycles. The first-order chi connectivity index (χ1) is 11.1. The van der Waals surface area contributed by atoms with E-state index >= 15 is 0 Å². The number of nitriles is 1. The van der Waals surface area contributed by atoms with Crippen molar-refractivity contribution in [2.24, 2.45) is 5.92 Å². The lowest BCUT2D eigenvalue weighted by atomic mass is 10.1. The van der Waals surface area contributed by atoms with Crippen molar-refractivity contribution in [3.05, 3.63) is 11.8 Å². The minimum absolute atomic E-state index is 0.194. The van der Waals surface area contributed by atoms with Crippen molar-refractivity contribution >= 4 is 17.7 Å². The second-order valence-corrected chi connectivity index (χ2v) is 6.52. The summed E-state index contributed by atoms with van der Waals surface area (Å²) in [5, 5.41) is 8.87. The molecular formula is C16H22N6O. The molecule has 2 fully saturated rings. The van der Waals surface area contributed by atoms with E-state index in [1.165, 1.54) is 19.0 Å². The third-order valence-corrected chi connectivity index (χ3v) is 4.80. The highest BCUT2D eigenvalue weighted by Gasteiger charge is 2.35. The average molecular weight is 314 g/mol. The fourth-order valence-corrected chi connectivity index (χ4v) is 3.62. The highest BCUT2D eigenvalue weighted by Crippen LogP contribution is 2.30. The van der Waals surface area contributed by atoms with E-state index in [0.29, 0.717) is 25.0 Å². The van der Waals surface area contributed by atoms with E-state index in [4.69, 9.17) is 11.0 Å². The molecule has 2 aliphatic rings. The standard InChI is InChI=1S/C16H22N6O/c1-21(16-19-8-12(7-17)15(18)20-16)9-11-6-14(23)22(10-11)13-4-2-3-5-13/h8,11,13H,2-6,9-10H2,1H3,(H2,18,19,20). The molecule has 0 aromatic carbocycles. The number of nitrogens with two attached hydrogens (primary N) is 1. The van der Waals surface area contributed by atoms with Crippen molar-refractivity contribution in [1.82, 2.24) is 14.9 Å². The molecular weight excluding hydrogens is 292 g/mol. The summed E-state index contributed by atoms with van der Waals surface area (Å²) in [4.78, 5) is 24.6. The van der Waals surface area contributed by atoms with E-state index < -0.39 is 0 Å². The van der Waals surface area contributed by atoms with E-state index in [0.717, 1.165) is 19.4 Å². The van der Waals surface area contributed by atoms with E-state index in [1.54, 1.807) is 0 Å². The minimum atomic E-state index is 0.194. The lowest BCUT2D eigenvalue weighted by Crippen LogP contribution is -2.35. The number of rotatable bonds is 4. The fourth-order valence-electron chi connectivity index (χ4n) is 3.62. The van der Waals surface area contributed by atoms with Crippen LogP contribution in [0.5, 0.6) is 0 Å². The summed E-state index contributed by atoms with van der Waals surface area (Å²) in [5.74, 6) is 1.25. The van der Waals surface area contributed by atoms with Crippen molar-refractivity contribution in [2.75, 3.05) is 30.8 Å². The van der Waals surface area contributed by atoms with E-state index in [-0.39, 0.29) is 23.2 Å². The Bertz CT molecular complexity index is 634. The molecule has 3 rings (SSSR count). The number of carbonyl (C=O) groups excluding carboxylic acids is 1. The lowest BCUT2D eigenvalue weighted by Gasteiger charge is -2.25. The maximum Gasteiger partial charge on any atom is 0.227 e. The number of nitrogen functional groups attached to an aromatic ring is 1. The molecule has 0 spiro atoms. The predicted octanol–water partition coefficient (Wildman–Crippen LogP) is 1.16. The van der Waals surface area contributed by atoms with Crippen LogP contribution in [0.15, 0.2) is 6.20 Å². The van der Waals surface area contributed by atoms with Crippen molar-refractivity contribution in [3.63, 3.8) is 0 Å². The number of nitrogens with zero attached hydrogens (tertiary/aromatic N) is 5. The summed E-state index contributed by atoms with van der Waals surface area (Å²) in [6, 6.07) is 2.40. The van der Waals surface area contributed by atoms with Gasteiger partial charge >= 0.3 is 0 Å². The second-order valence-electron chi connectivity index (χ2n) is 6.52. The fraction of sp³-hybridized carbons (Fsp3) is 0.625. The Labute approximate surface area is 136 Å². The predicted molar refractivity (Wildman–Crippen MR) is 86.5 cm³/mol. The van der Waals surface area contributed by atoms with Crippen molar-refractivity contribution in [2.45, 2.75) is 38.1 Å². The van der Waals surface area contributed by atoms with Crippen LogP contribution >= 0.6 is 0 Å². The molecule has 1 saturated carbocycles. The number of hydrogen-bond acceptors (Lipinski definition) is 6. The molecule has 0 radical (unpaired) electrons. The summed E-state index contributed by atoms with van der Waals surface area (Å²) in [5.41, 5.74) is 6.03. The van der Waals surface area contributed by atoms with Gasteiger partial charge in [0.15, 0.2) is 0 Å². The summed E-state index contributed by atoms with van der Waals surface area (Å²) >= 11 is 0. The van der Waals surface area contributed by atoms with Crippen LogP contribution < -0.4 is 10.6 Å². The topological polar surface area (TPSA) is 99.1 Å². The second kappa shape index (κ2) is 6.41. The summed E-state index contributed by atoms with van der Waals surface area (Å²) in [7, 11) is 1.89. The molecule has 2 N–H and O–H groups in total. The SMILES string of the molecule is CN(CC1CC(=O)N(C2CCCC2)C1)c1ncc(C#N)c(N)n1. The summed E-state index contributed by atoms with van der Waals surface area (Å²) < 4.78 is 0. The number of carbonyl (C=O) groups is 1. The van der Waals surface area contributed by atoms with Crippen LogP contribution in [0.1, 0.15) is 37.7 Å². The molecule has 1 aliphatic carbocycles. The van der Waals surface area contributed by atoms with Gasteiger partial charge in [0.25, 0.3) is 0 Å². The minimum Gasteiger partial charge on any atom is -0.382 e. The molecule has 1 aromatic rings. The van der Waals surface area contributed by atoms with Gasteiger partial charge in [-0.15, -0.1) is 0 Å². The molecule has 1 amide bonds. The quantitative estimate of drug-likeness (QED) is 0.895. The summed E-state index contributed by atoms with van der Waals surface area (Å²) in [6.07, 6.45) is 6.79. The molecule has 1 aromatic heterocycles. The number of likely N-dealkylation sites (tertiary alicyclic amines) is 1. The molecule has 7 nitrogen and oxygen atoms in total. The van der Waals surface area contributed by atoms with Gasteiger partial charge in [0, 0.05) is 38.5 Å². The molecule has 23 heavy (non-hydrogen) atoms. The molecule has 0 bridgehead atoms. The zero-order chi connectivity index (χ0) is 16.4. The first-order valence-electron chi connectivity index (χ1n) is 8.11. The molecule has 1 unspecified atom stereocenters. The summed E-state index contributed by atoms with van der Waals surface area (Å²) in [6.45, 7) is 1.53. The van der Waals surface area contributed by atoms with Crippen LogP contribution in [0.25, 0.3) is 0 Å². The highest BCUT2D eigenvalue weighted by molar-refractivity contribution is 5.79. The Morgan fingerprint density at radius 3 is 2.87 bits per heavy atom. The molecule has 1 aliphatic heterocycles. The largest absolute Gasteiger partial charge is 0.382 e. The number of anilines is 2. The Hall–Kier alpha value is -2.36. The van der Waals surface area contributed by atoms with Crippen LogP contribution in [0, 0.1) is 17.2 Å². The van der Waals surface area contributed by atoms with Crippen molar-refractivity contribution < 1.29 is 4.79 Å². The van der Waals surface area contributed by atoms with Gasteiger partial charge in [-0.3, -0.25) is 4.79 Å². The van der Waals surface area contributed by atoms with Gasteiger partial charge in [0.1, 0.15) is 17.5 Å². The Morgan fingerprint density at radius 1 is 1.48 bits per heavy atom. The van der Waals surface area contributed by atoms with Gasteiger partial charge in [-0.1, -0.05) is 12.8 Å². The van der Waals surface area contributed by atoms with Gasteiger partial charge in [0.05, 0.1) is 6.20 Å². The molecule has 122 valence electrons. The first-order valence-corrected chi connectivity index (χ1v) is 8.11. The van der Waals surface area contributed by atoms with Crippen LogP contribution in [-0.4, -0.2) is 47.0 Å². The molecule has 2 heterocycles. The van der Waals surface area contributed by atoms with Crippen LogP contribution in [0.4, 0.5) is 11.8 Å². The van der Waals surface area contributed by atoms with Gasteiger partial charge in [-0.05, 0) is 12.8 Å². The van der Waals surface area contributed by atoms with E-state index in [1.807, 2.05) is 18.0 Å². The van der Waals surface area contributed by atoms with Crippen LogP contribution in [0.3, 0.4) is 0 Å². The maximum atomic E-state index is 12.2. The first kappa shape index (κ1) is 15.5. The molecule has 7 heteroatoms. The smallest absolute Gasteiger partial charge is 0.227 e. The Balaban J connectivity index is 1.62. The molecule has 1 atom stereocenters. The van der Waals surface area contributed by atoms with E-state index in [9.17, 15) is 4.79 Å².